The number of anilines is 2. The number of carbonyl (C=O) groups excluding carboxylic acids is 2. The number of hydrogen-bond acceptors (Lipinski definition) is 5. The van der Waals surface area contributed by atoms with Gasteiger partial charge in [0, 0.05) is 43.9 Å². The lowest BCUT2D eigenvalue weighted by atomic mass is 9.91. The van der Waals surface area contributed by atoms with Gasteiger partial charge < -0.3 is 14.5 Å². The Labute approximate surface area is 189 Å². The van der Waals surface area contributed by atoms with Gasteiger partial charge in [-0.15, -0.1) is 0 Å². The molecule has 0 aliphatic carbocycles. The highest BCUT2D eigenvalue weighted by Crippen LogP contribution is 2.43. The summed E-state index contributed by atoms with van der Waals surface area (Å²) >= 11 is 0. The molecule has 172 valence electrons. The fourth-order valence-electron chi connectivity index (χ4n) is 3.90. The summed E-state index contributed by atoms with van der Waals surface area (Å²) in [5, 5.41) is 0. The van der Waals surface area contributed by atoms with Gasteiger partial charge in [0.2, 0.25) is 15.9 Å². The molecule has 9 heteroatoms. The Hall–Kier alpha value is -3.07. The van der Waals surface area contributed by atoms with E-state index in [-0.39, 0.29) is 24.5 Å². The van der Waals surface area contributed by atoms with Crippen LogP contribution in [0, 0.1) is 0 Å². The molecule has 0 fully saturated rings. The normalized spacial score (nSPS) is 15.7. The molecule has 1 N–H and O–H groups in total. The van der Waals surface area contributed by atoms with Crippen molar-refractivity contribution in [2.75, 3.05) is 36.6 Å². The SMILES string of the molecule is CC(=O)N1c2ccc(-c3cccc(NS(C)(=O)=O)c3)c(OCC(=O)N(C)C)c2CC[C@@H]1C. The average Bonchev–Trinajstić information content (AvgIpc) is 2.69. The number of rotatable bonds is 6. The van der Waals surface area contributed by atoms with Gasteiger partial charge in [-0.05, 0) is 49.6 Å². The third kappa shape index (κ3) is 5.21. The number of carbonyl (C=O) groups is 2. The zero-order valence-corrected chi connectivity index (χ0v) is 19.8. The van der Waals surface area contributed by atoms with Gasteiger partial charge in [0.1, 0.15) is 5.75 Å². The van der Waals surface area contributed by atoms with Gasteiger partial charge in [-0.1, -0.05) is 12.1 Å². The summed E-state index contributed by atoms with van der Waals surface area (Å²) in [6, 6.07) is 10.8. The first-order valence-electron chi connectivity index (χ1n) is 10.3. The van der Waals surface area contributed by atoms with Gasteiger partial charge in [0.05, 0.1) is 11.9 Å². The molecule has 1 heterocycles. The maximum atomic E-state index is 12.3. The highest BCUT2D eigenvalue weighted by Gasteiger charge is 2.30. The van der Waals surface area contributed by atoms with E-state index >= 15 is 0 Å². The predicted molar refractivity (Wildman–Crippen MR) is 125 cm³/mol. The van der Waals surface area contributed by atoms with E-state index in [1.165, 1.54) is 11.8 Å². The summed E-state index contributed by atoms with van der Waals surface area (Å²) in [7, 11) is -0.112. The van der Waals surface area contributed by atoms with Gasteiger partial charge >= 0.3 is 0 Å². The number of fused-ring (bicyclic) bond motifs is 1. The second-order valence-electron chi connectivity index (χ2n) is 8.25. The lowest BCUT2D eigenvalue weighted by Gasteiger charge is -2.36. The van der Waals surface area contributed by atoms with Crippen molar-refractivity contribution in [2.45, 2.75) is 32.7 Å². The third-order valence-electron chi connectivity index (χ3n) is 5.40. The first-order chi connectivity index (χ1) is 15.0. The molecule has 0 spiro atoms. The van der Waals surface area contributed by atoms with Crippen LogP contribution in [0.25, 0.3) is 11.1 Å². The van der Waals surface area contributed by atoms with E-state index in [4.69, 9.17) is 4.74 Å². The van der Waals surface area contributed by atoms with E-state index in [0.717, 1.165) is 35.1 Å². The Kier molecular flexibility index (Phi) is 6.78. The number of amides is 2. The number of sulfonamides is 1. The number of benzene rings is 2. The van der Waals surface area contributed by atoms with E-state index in [2.05, 4.69) is 4.72 Å². The molecule has 0 saturated heterocycles. The zero-order chi connectivity index (χ0) is 23.6. The van der Waals surface area contributed by atoms with Gasteiger partial charge in [0.25, 0.3) is 5.91 Å². The summed E-state index contributed by atoms with van der Waals surface area (Å²) in [6.45, 7) is 3.40. The molecular weight excluding hydrogens is 430 g/mol. The van der Waals surface area contributed by atoms with Crippen LogP contribution in [-0.4, -0.2) is 58.1 Å². The summed E-state index contributed by atoms with van der Waals surface area (Å²) in [5.41, 5.74) is 3.53. The first kappa shape index (κ1) is 23.6. The number of nitrogens with zero attached hydrogens (tertiary/aromatic N) is 2. The van der Waals surface area contributed by atoms with Crippen LogP contribution in [0.15, 0.2) is 36.4 Å². The van der Waals surface area contributed by atoms with E-state index < -0.39 is 10.0 Å². The highest BCUT2D eigenvalue weighted by atomic mass is 32.2. The summed E-state index contributed by atoms with van der Waals surface area (Å²) in [6.07, 6.45) is 2.56. The third-order valence-corrected chi connectivity index (χ3v) is 6.01. The van der Waals surface area contributed by atoms with Crippen molar-refractivity contribution < 1.29 is 22.7 Å². The van der Waals surface area contributed by atoms with Crippen molar-refractivity contribution in [1.29, 1.82) is 0 Å². The van der Waals surface area contributed by atoms with Crippen molar-refractivity contribution in [1.82, 2.24) is 4.90 Å². The monoisotopic (exact) mass is 459 g/mol. The predicted octanol–water partition coefficient (Wildman–Crippen LogP) is 2.88. The fraction of sp³-hybridized carbons (Fsp3) is 0.391. The van der Waals surface area contributed by atoms with Crippen molar-refractivity contribution in [3.63, 3.8) is 0 Å². The van der Waals surface area contributed by atoms with Crippen LogP contribution in [0.1, 0.15) is 25.8 Å². The van der Waals surface area contributed by atoms with Crippen LogP contribution < -0.4 is 14.4 Å². The van der Waals surface area contributed by atoms with Crippen molar-refractivity contribution >= 4 is 33.2 Å². The minimum Gasteiger partial charge on any atom is -0.483 e. The Morgan fingerprint density at radius 3 is 2.56 bits per heavy atom. The highest BCUT2D eigenvalue weighted by molar-refractivity contribution is 7.92. The Bertz CT molecular complexity index is 1140. The molecule has 1 aliphatic rings. The first-order valence-corrected chi connectivity index (χ1v) is 12.2. The summed E-state index contributed by atoms with van der Waals surface area (Å²) < 4.78 is 31.9. The van der Waals surface area contributed by atoms with Gasteiger partial charge in [-0.3, -0.25) is 14.3 Å². The van der Waals surface area contributed by atoms with E-state index in [0.29, 0.717) is 17.9 Å². The van der Waals surface area contributed by atoms with Crippen LogP contribution in [0.2, 0.25) is 0 Å². The number of likely N-dealkylation sites (N-methyl/N-ethyl adjacent to an activating group) is 1. The van der Waals surface area contributed by atoms with E-state index in [1.54, 1.807) is 37.2 Å². The molecule has 3 rings (SSSR count). The summed E-state index contributed by atoms with van der Waals surface area (Å²) in [4.78, 5) is 27.8. The maximum absolute atomic E-state index is 12.3. The molecule has 8 nitrogen and oxygen atoms in total. The summed E-state index contributed by atoms with van der Waals surface area (Å²) in [5.74, 6) is 0.293. The Morgan fingerprint density at radius 1 is 1.22 bits per heavy atom. The quantitative estimate of drug-likeness (QED) is 0.717. The number of hydrogen-bond donors (Lipinski definition) is 1. The second kappa shape index (κ2) is 9.20. The molecule has 0 bridgehead atoms. The van der Waals surface area contributed by atoms with Crippen molar-refractivity contribution in [2.24, 2.45) is 0 Å². The van der Waals surface area contributed by atoms with Gasteiger partial charge in [0.15, 0.2) is 6.61 Å². The van der Waals surface area contributed by atoms with Crippen molar-refractivity contribution in [3.8, 4) is 16.9 Å². The van der Waals surface area contributed by atoms with Crippen LogP contribution in [0.5, 0.6) is 5.75 Å². The standard InChI is InChI=1S/C23H29N3O5S/c1-15-9-10-20-21(26(15)16(2)27)12-11-19(23(20)31-14-22(28)25(3)4)17-7-6-8-18(13-17)24-32(5,29)30/h6-8,11-13,15,24H,9-10,14H2,1-5H3/t15-/m0/s1. The molecular formula is C23H29N3O5S. The molecule has 0 aromatic heterocycles. The lowest BCUT2D eigenvalue weighted by Crippen LogP contribution is -2.41. The van der Waals surface area contributed by atoms with Crippen LogP contribution in [-0.2, 0) is 26.0 Å². The molecule has 1 aliphatic heterocycles. The molecule has 0 unspecified atom stereocenters. The Morgan fingerprint density at radius 2 is 1.94 bits per heavy atom. The smallest absolute Gasteiger partial charge is 0.259 e. The number of nitrogens with one attached hydrogen (secondary N) is 1. The van der Waals surface area contributed by atoms with Crippen molar-refractivity contribution in [3.05, 3.63) is 42.0 Å². The number of ether oxygens (including phenoxy) is 1. The Balaban J connectivity index is 2.13. The largest absolute Gasteiger partial charge is 0.483 e. The van der Waals surface area contributed by atoms with E-state index in [9.17, 15) is 18.0 Å². The topological polar surface area (TPSA) is 96.0 Å². The van der Waals surface area contributed by atoms with Crippen LogP contribution in [0.3, 0.4) is 0 Å². The molecule has 2 aromatic rings. The van der Waals surface area contributed by atoms with Crippen LogP contribution >= 0.6 is 0 Å². The molecule has 1 atom stereocenters. The minimum absolute atomic E-state index is 0.0548. The van der Waals surface area contributed by atoms with E-state index in [1.807, 2.05) is 25.1 Å². The molecule has 2 amide bonds. The fourth-order valence-corrected chi connectivity index (χ4v) is 4.46. The molecule has 32 heavy (non-hydrogen) atoms. The van der Waals surface area contributed by atoms with Gasteiger partial charge in [-0.2, -0.15) is 0 Å². The van der Waals surface area contributed by atoms with Crippen LogP contribution in [0.4, 0.5) is 11.4 Å². The molecule has 0 radical (unpaired) electrons. The average molecular weight is 460 g/mol. The second-order valence-corrected chi connectivity index (χ2v) is 10.00. The maximum Gasteiger partial charge on any atom is 0.259 e. The molecule has 2 aromatic carbocycles. The van der Waals surface area contributed by atoms with Gasteiger partial charge in [-0.25, -0.2) is 8.42 Å². The molecule has 0 saturated carbocycles. The lowest BCUT2D eigenvalue weighted by molar-refractivity contribution is -0.130. The zero-order valence-electron chi connectivity index (χ0n) is 19.0. The minimum atomic E-state index is -3.43.